The number of hydrogen-bond acceptors (Lipinski definition) is 6. The van der Waals surface area contributed by atoms with Crippen LogP contribution in [0.3, 0.4) is 0 Å². The number of imide groups is 1. The minimum atomic E-state index is -1.07. The zero-order chi connectivity index (χ0) is 20.7. The monoisotopic (exact) mass is 435 g/mol. The van der Waals surface area contributed by atoms with Gasteiger partial charge in [0.2, 0.25) is 5.91 Å². The van der Waals surface area contributed by atoms with Crippen LogP contribution >= 0.6 is 23.2 Å². The lowest BCUT2D eigenvalue weighted by Crippen LogP contribution is -2.43. The minimum Gasteiger partial charge on any atom is -0.322 e. The Hall–Kier alpha value is -3.04. The average Bonchev–Trinajstić information content (AvgIpc) is 3.19. The van der Waals surface area contributed by atoms with Crippen LogP contribution in [0.4, 0.5) is 15.8 Å². The highest BCUT2D eigenvalue weighted by Crippen LogP contribution is 2.33. The van der Waals surface area contributed by atoms with Crippen LogP contribution in [0.1, 0.15) is 0 Å². The Morgan fingerprint density at radius 1 is 1.07 bits per heavy atom. The number of benzene rings is 2. The van der Waals surface area contributed by atoms with Gasteiger partial charge in [0.25, 0.3) is 11.8 Å². The molecule has 0 aromatic heterocycles. The van der Waals surface area contributed by atoms with E-state index in [1.54, 1.807) is 18.2 Å². The summed E-state index contributed by atoms with van der Waals surface area (Å²) in [5.74, 6) is -2.23. The molecule has 11 heteroatoms. The SMILES string of the molecule is O=C(CN1N=N[C@H]2C(=O)N(c3ccc(F)cc3)C(=O)[C@H]21)Nc1c(Cl)cccc1Cl. The lowest BCUT2D eigenvalue weighted by Gasteiger charge is -2.20. The Bertz CT molecular complexity index is 1030. The van der Waals surface area contributed by atoms with Crippen molar-refractivity contribution in [1.29, 1.82) is 0 Å². The summed E-state index contributed by atoms with van der Waals surface area (Å²) in [4.78, 5) is 38.7. The van der Waals surface area contributed by atoms with Crippen LogP contribution in [-0.4, -0.2) is 41.4 Å². The third kappa shape index (κ3) is 3.43. The molecule has 0 unspecified atom stereocenters. The molecular formula is C18H12Cl2FN5O3. The van der Waals surface area contributed by atoms with Gasteiger partial charge in [-0.3, -0.25) is 19.4 Å². The molecule has 1 fully saturated rings. The van der Waals surface area contributed by atoms with Crippen LogP contribution in [0.25, 0.3) is 0 Å². The lowest BCUT2D eigenvalue weighted by atomic mass is 10.1. The van der Waals surface area contributed by atoms with E-state index in [9.17, 15) is 18.8 Å². The first kappa shape index (κ1) is 19.3. The first-order chi connectivity index (χ1) is 13.9. The van der Waals surface area contributed by atoms with Crippen molar-refractivity contribution in [3.63, 3.8) is 0 Å². The van der Waals surface area contributed by atoms with Gasteiger partial charge in [0, 0.05) is 0 Å². The summed E-state index contributed by atoms with van der Waals surface area (Å²) in [6, 6.07) is 7.56. The molecule has 148 valence electrons. The fourth-order valence-electron chi connectivity index (χ4n) is 3.14. The van der Waals surface area contributed by atoms with Gasteiger partial charge < -0.3 is 5.32 Å². The molecule has 4 rings (SSSR count). The van der Waals surface area contributed by atoms with Crippen molar-refractivity contribution in [3.8, 4) is 0 Å². The third-order valence-corrected chi connectivity index (χ3v) is 5.11. The summed E-state index contributed by atoms with van der Waals surface area (Å²) in [6.07, 6.45) is 0. The molecule has 2 heterocycles. The predicted octanol–water partition coefficient (Wildman–Crippen LogP) is 3.06. The minimum absolute atomic E-state index is 0.221. The summed E-state index contributed by atoms with van der Waals surface area (Å²) in [6.45, 7) is -0.345. The lowest BCUT2D eigenvalue weighted by molar-refractivity contribution is -0.123. The maximum Gasteiger partial charge on any atom is 0.263 e. The van der Waals surface area contributed by atoms with Crippen LogP contribution in [0, 0.1) is 5.82 Å². The van der Waals surface area contributed by atoms with E-state index in [1.165, 1.54) is 12.1 Å². The second-order valence-corrected chi connectivity index (χ2v) is 7.14. The van der Waals surface area contributed by atoms with Gasteiger partial charge in [0.15, 0.2) is 12.1 Å². The first-order valence-corrected chi connectivity index (χ1v) is 9.17. The Balaban J connectivity index is 1.50. The molecule has 2 aromatic carbocycles. The van der Waals surface area contributed by atoms with Crippen molar-refractivity contribution in [2.75, 3.05) is 16.8 Å². The van der Waals surface area contributed by atoms with Gasteiger partial charge in [-0.1, -0.05) is 34.5 Å². The summed E-state index contributed by atoms with van der Waals surface area (Å²) in [7, 11) is 0. The van der Waals surface area contributed by atoms with Crippen molar-refractivity contribution in [3.05, 3.63) is 58.3 Å². The van der Waals surface area contributed by atoms with Crippen molar-refractivity contribution >= 4 is 52.3 Å². The van der Waals surface area contributed by atoms with Gasteiger partial charge in [0.05, 0.1) is 21.4 Å². The maximum absolute atomic E-state index is 13.1. The fourth-order valence-corrected chi connectivity index (χ4v) is 3.63. The number of nitrogens with one attached hydrogen (secondary N) is 1. The number of carbonyl (C=O) groups is 3. The molecule has 8 nitrogen and oxygen atoms in total. The highest BCUT2D eigenvalue weighted by atomic mass is 35.5. The molecular weight excluding hydrogens is 424 g/mol. The number of anilines is 2. The smallest absolute Gasteiger partial charge is 0.263 e. The van der Waals surface area contributed by atoms with Crippen LogP contribution in [-0.2, 0) is 14.4 Å². The normalized spacial score (nSPS) is 20.4. The van der Waals surface area contributed by atoms with E-state index >= 15 is 0 Å². The first-order valence-electron chi connectivity index (χ1n) is 8.41. The van der Waals surface area contributed by atoms with E-state index in [2.05, 4.69) is 15.7 Å². The van der Waals surface area contributed by atoms with Gasteiger partial charge in [-0.2, -0.15) is 5.11 Å². The Kier molecular flexibility index (Phi) is 4.93. The summed E-state index contributed by atoms with van der Waals surface area (Å²) < 4.78 is 13.1. The number of halogens is 3. The second-order valence-electron chi connectivity index (χ2n) is 6.33. The van der Waals surface area contributed by atoms with Crippen LogP contribution in [0.2, 0.25) is 10.0 Å². The quantitative estimate of drug-likeness (QED) is 0.746. The van der Waals surface area contributed by atoms with Gasteiger partial charge >= 0.3 is 0 Å². The molecule has 29 heavy (non-hydrogen) atoms. The van der Waals surface area contributed by atoms with Gasteiger partial charge in [-0.15, -0.1) is 0 Å². The van der Waals surface area contributed by atoms with Crippen molar-refractivity contribution in [2.24, 2.45) is 10.3 Å². The topological polar surface area (TPSA) is 94.4 Å². The Morgan fingerprint density at radius 3 is 2.38 bits per heavy atom. The summed E-state index contributed by atoms with van der Waals surface area (Å²) in [5.41, 5.74) is 0.452. The highest BCUT2D eigenvalue weighted by Gasteiger charge is 2.55. The predicted molar refractivity (Wildman–Crippen MR) is 103 cm³/mol. The van der Waals surface area contributed by atoms with Crippen molar-refractivity contribution < 1.29 is 18.8 Å². The molecule has 0 aliphatic carbocycles. The maximum atomic E-state index is 13.1. The molecule has 1 saturated heterocycles. The van der Waals surface area contributed by atoms with Crippen LogP contribution in [0.5, 0.6) is 0 Å². The number of fused-ring (bicyclic) bond motifs is 1. The number of rotatable bonds is 4. The Morgan fingerprint density at radius 2 is 1.72 bits per heavy atom. The van der Waals surface area contributed by atoms with Crippen LogP contribution in [0.15, 0.2) is 52.8 Å². The third-order valence-electron chi connectivity index (χ3n) is 4.48. The molecule has 0 saturated carbocycles. The zero-order valence-electron chi connectivity index (χ0n) is 14.6. The van der Waals surface area contributed by atoms with E-state index < -0.39 is 35.6 Å². The summed E-state index contributed by atoms with van der Waals surface area (Å²) in [5, 5.41) is 11.8. The van der Waals surface area contributed by atoms with Gasteiger partial charge in [-0.05, 0) is 36.4 Å². The van der Waals surface area contributed by atoms with Gasteiger partial charge in [-0.25, -0.2) is 9.29 Å². The largest absolute Gasteiger partial charge is 0.322 e. The molecule has 2 atom stereocenters. The number of amides is 3. The molecule has 2 aromatic rings. The van der Waals surface area contributed by atoms with E-state index in [1.807, 2.05) is 0 Å². The molecule has 0 spiro atoms. The second kappa shape index (κ2) is 7.41. The molecule has 3 amide bonds. The number of para-hydroxylation sites is 1. The number of nitrogens with zero attached hydrogens (tertiary/aromatic N) is 4. The number of hydrogen-bond donors (Lipinski definition) is 1. The van der Waals surface area contributed by atoms with Crippen LogP contribution < -0.4 is 10.2 Å². The van der Waals surface area contributed by atoms with E-state index in [-0.39, 0.29) is 28.0 Å². The molecule has 0 bridgehead atoms. The Labute approximate surface area is 173 Å². The van der Waals surface area contributed by atoms with Gasteiger partial charge in [0.1, 0.15) is 12.4 Å². The molecule has 0 radical (unpaired) electrons. The van der Waals surface area contributed by atoms with Crippen molar-refractivity contribution in [2.45, 2.75) is 12.1 Å². The standard InChI is InChI=1S/C18H12Cl2FN5O3/c19-11-2-1-3-12(20)14(11)22-13(27)8-25-16-15(23-24-25)17(28)26(18(16)29)10-6-4-9(21)5-7-10/h1-7,15-16H,8H2,(H,22,27)/t15-,16+/m1/s1. The molecule has 1 N–H and O–H groups in total. The average molecular weight is 436 g/mol. The molecule has 2 aliphatic rings. The van der Waals surface area contributed by atoms with E-state index in [0.29, 0.717) is 0 Å². The molecule has 2 aliphatic heterocycles. The fraction of sp³-hybridized carbons (Fsp3) is 0.167. The number of carbonyl (C=O) groups excluding carboxylic acids is 3. The zero-order valence-corrected chi connectivity index (χ0v) is 16.1. The van der Waals surface area contributed by atoms with Crippen molar-refractivity contribution in [1.82, 2.24) is 5.01 Å². The summed E-state index contributed by atoms with van der Waals surface area (Å²) >= 11 is 12.1. The highest BCUT2D eigenvalue weighted by molar-refractivity contribution is 6.39. The van der Waals surface area contributed by atoms with E-state index in [4.69, 9.17) is 23.2 Å². The van der Waals surface area contributed by atoms with E-state index in [0.717, 1.165) is 22.0 Å².